The van der Waals surface area contributed by atoms with E-state index in [0.29, 0.717) is 13.1 Å². The summed E-state index contributed by atoms with van der Waals surface area (Å²) in [4.78, 5) is 18.7. The second-order valence-corrected chi connectivity index (χ2v) is 7.67. The van der Waals surface area contributed by atoms with E-state index in [-0.39, 0.29) is 5.91 Å². The van der Waals surface area contributed by atoms with Crippen LogP contribution in [0.3, 0.4) is 0 Å². The van der Waals surface area contributed by atoms with Gasteiger partial charge in [0.05, 0.1) is 23.3 Å². The van der Waals surface area contributed by atoms with Crippen molar-refractivity contribution in [3.05, 3.63) is 57.1 Å². The molecule has 0 atom stereocenters. The van der Waals surface area contributed by atoms with Crippen LogP contribution in [0.4, 0.5) is 5.69 Å². The number of aromatic nitrogens is 1. The largest absolute Gasteiger partial charge is 0.325 e. The van der Waals surface area contributed by atoms with Crippen molar-refractivity contribution >= 4 is 55.7 Å². The maximum Gasteiger partial charge on any atom is 0.238 e. The van der Waals surface area contributed by atoms with Gasteiger partial charge >= 0.3 is 0 Å². The predicted molar refractivity (Wildman–Crippen MR) is 104 cm³/mol. The molecular formula is C17H16IN3OS. The van der Waals surface area contributed by atoms with Crippen LogP contribution in [0.5, 0.6) is 0 Å². The molecule has 1 N–H and O–H groups in total. The molecular weight excluding hydrogens is 421 g/mol. The predicted octanol–water partition coefficient (Wildman–Crippen LogP) is 3.97. The average Bonchev–Trinajstić information content (AvgIpc) is 2.88. The molecule has 118 valence electrons. The minimum absolute atomic E-state index is 0.0180. The van der Waals surface area contributed by atoms with Crippen LogP contribution in [0, 0.1) is 3.57 Å². The molecule has 6 heteroatoms. The molecule has 0 bridgehead atoms. The number of amides is 1. The van der Waals surface area contributed by atoms with Crippen LogP contribution in [-0.4, -0.2) is 29.4 Å². The van der Waals surface area contributed by atoms with Gasteiger partial charge in [-0.1, -0.05) is 18.2 Å². The standard InChI is InChI=1S/C17H16IN3OS/c1-21(10-16(22)19-13-6-4-5-12(18)9-13)11-17-20-14-7-2-3-8-15(14)23-17/h2-9H,10-11H2,1H3,(H,19,22). The lowest BCUT2D eigenvalue weighted by atomic mass is 10.3. The molecule has 0 saturated carbocycles. The van der Waals surface area contributed by atoms with Gasteiger partial charge < -0.3 is 5.32 Å². The lowest BCUT2D eigenvalue weighted by Gasteiger charge is -2.14. The minimum atomic E-state index is -0.0180. The van der Waals surface area contributed by atoms with Gasteiger partial charge in [-0.15, -0.1) is 11.3 Å². The summed E-state index contributed by atoms with van der Waals surface area (Å²) >= 11 is 3.90. The third-order valence-corrected chi connectivity index (χ3v) is 4.96. The Morgan fingerprint density at radius 1 is 1.26 bits per heavy atom. The van der Waals surface area contributed by atoms with Gasteiger partial charge in [0.1, 0.15) is 5.01 Å². The molecule has 0 radical (unpaired) electrons. The molecule has 0 aliphatic carbocycles. The van der Waals surface area contributed by atoms with Crippen LogP contribution in [0.15, 0.2) is 48.5 Å². The van der Waals surface area contributed by atoms with Crippen molar-refractivity contribution in [2.75, 3.05) is 18.9 Å². The molecule has 0 fully saturated rings. The monoisotopic (exact) mass is 437 g/mol. The number of rotatable bonds is 5. The van der Waals surface area contributed by atoms with Crippen LogP contribution in [0.25, 0.3) is 10.2 Å². The van der Waals surface area contributed by atoms with Gasteiger partial charge in [-0.25, -0.2) is 4.98 Å². The summed E-state index contributed by atoms with van der Waals surface area (Å²) in [6, 6.07) is 15.9. The summed E-state index contributed by atoms with van der Waals surface area (Å²) in [5.41, 5.74) is 1.85. The van der Waals surface area contributed by atoms with Crippen LogP contribution in [0.1, 0.15) is 5.01 Å². The van der Waals surface area contributed by atoms with Crippen molar-refractivity contribution < 1.29 is 4.79 Å². The van der Waals surface area contributed by atoms with E-state index in [4.69, 9.17) is 0 Å². The van der Waals surface area contributed by atoms with E-state index >= 15 is 0 Å². The minimum Gasteiger partial charge on any atom is -0.325 e. The van der Waals surface area contributed by atoms with Gasteiger partial charge in [0.2, 0.25) is 5.91 Å². The summed E-state index contributed by atoms with van der Waals surface area (Å²) in [7, 11) is 1.93. The normalized spacial score (nSPS) is 11.1. The van der Waals surface area contributed by atoms with Crippen molar-refractivity contribution in [2.24, 2.45) is 0 Å². The van der Waals surface area contributed by atoms with E-state index < -0.39 is 0 Å². The summed E-state index contributed by atoms with van der Waals surface area (Å²) in [5, 5.41) is 3.95. The smallest absolute Gasteiger partial charge is 0.238 e. The second-order valence-electron chi connectivity index (χ2n) is 5.31. The average molecular weight is 437 g/mol. The number of hydrogen-bond donors (Lipinski definition) is 1. The molecule has 4 nitrogen and oxygen atoms in total. The molecule has 2 aromatic carbocycles. The van der Waals surface area contributed by atoms with E-state index in [1.807, 2.05) is 54.4 Å². The third-order valence-electron chi connectivity index (χ3n) is 3.27. The summed E-state index contributed by atoms with van der Waals surface area (Å²) < 4.78 is 2.28. The number of para-hydroxylation sites is 1. The van der Waals surface area contributed by atoms with Crippen molar-refractivity contribution in [3.8, 4) is 0 Å². The Morgan fingerprint density at radius 2 is 2.09 bits per heavy atom. The Morgan fingerprint density at radius 3 is 2.87 bits per heavy atom. The molecule has 0 saturated heterocycles. The molecule has 23 heavy (non-hydrogen) atoms. The first-order valence-corrected chi connectivity index (χ1v) is 9.08. The van der Waals surface area contributed by atoms with E-state index in [2.05, 4.69) is 39.0 Å². The van der Waals surface area contributed by atoms with Crippen LogP contribution < -0.4 is 5.32 Å². The molecule has 0 unspecified atom stereocenters. The molecule has 0 aliphatic rings. The number of likely N-dealkylation sites (N-methyl/N-ethyl adjacent to an activating group) is 1. The summed E-state index contributed by atoms with van der Waals surface area (Å²) in [5.74, 6) is -0.0180. The molecule has 1 aromatic heterocycles. The number of carbonyl (C=O) groups is 1. The molecule has 3 aromatic rings. The quantitative estimate of drug-likeness (QED) is 0.615. The highest BCUT2D eigenvalue weighted by Gasteiger charge is 2.10. The fourth-order valence-electron chi connectivity index (χ4n) is 2.29. The zero-order valence-electron chi connectivity index (χ0n) is 12.6. The van der Waals surface area contributed by atoms with Crippen molar-refractivity contribution in [1.29, 1.82) is 0 Å². The number of anilines is 1. The number of nitrogens with one attached hydrogen (secondary N) is 1. The first kappa shape index (κ1) is 16.4. The maximum absolute atomic E-state index is 12.1. The SMILES string of the molecule is CN(CC(=O)Nc1cccc(I)c1)Cc1nc2ccccc2s1. The Bertz CT molecular complexity index is 800. The molecule has 0 aliphatic heterocycles. The summed E-state index contributed by atoms with van der Waals surface area (Å²) in [6.45, 7) is 1.00. The van der Waals surface area contributed by atoms with Gasteiger partial charge in [-0.3, -0.25) is 9.69 Å². The lowest BCUT2D eigenvalue weighted by molar-refractivity contribution is -0.117. The topological polar surface area (TPSA) is 45.2 Å². The second kappa shape index (κ2) is 7.37. The summed E-state index contributed by atoms with van der Waals surface area (Å²) in [6.07, 6.45) is 0. The third kappa shape index (κ3) is 4.49. The van der Waals surface area contributed by atoms with Gasteiger partial charge in [0.25, 0.3) is 0 Å². The zero-order valence-corrected chi connectivity index (χ0v) is 15.6. The highest BCUT2D eigenvalue weighted by Crippen LogP contribution is 2.22. The first-order valence-electron chi connectivity index (χ1n) is 7.18. The van der Waals surface area contributed by atoms with Crippen molar-refractivity contribution in [1.82, 2.24) is 9.88 Å². The molecule has 3 rings (SSSR count). The van der Waals surface area contributed by atoms with Crippen LogP contribution in [-0.2, 0) is 11.3 Å². The number of hydrogen-bond acceptors (Lipinski definition) is 4. The van der Waals surface area contributed by atoms with Crippen molar-refractivity contribution in [3.63, 3.8) is 0 Å². The number of carbonyl (C=O) groups excluding carboxylic acids is 1. The molecule has 1 amide bonds. The van der Waals surface area contributed by atoms with Gasteiger partial charge in [-0.05, 0) is 60.0 Å². The number of benzene rings is 2. The Balaban J connectivity index is 1.58. The Labute approximate surface area is 152 Å². The first-order chi connectivity index (χ1) is 11.1. The molecule has 0 spiro atoms. The van der Waals surface area contributed by atoms with Gasteiger partial charge in [0.15, 0.2) is 0 Å². The van der Waals surface area contributed by atoms with Crippen LogP contribution in [0.2, 0.25) is 0 Å². The highest BCUT2D eigenvalue weighted by molar-refractivity contribution is 14.1. The number of fused-ring (bicyclic) bond motifs is 1. The Hall–Kier alpha value is -1.51. The lowest BCUT2D eigenvalue weighted by Crippen LogP contribution is -2.29. The fourth-order valence-corrected chi connectivity index (χ4v) is 3.88. The Kier molecular flexibility index (Phi) is 5.24. The zero-order chi connectivity index (χ0) is 16.2. The maximum atomic E-state index is 12.1. The van der Waals surface area contributed by atoms with E-state index in [1.165, 1.54) is 4.70 Å². The van der Waals surface area contributed by atoms with Crippen molar-refractivity contribution in [2.45, 2.75) is 6.54 Å². The van der Waals surface area contributed by atoms with E-state index in [1.54, 1.807) is 11.3 Å². The van der Waals surface area contributed by atoms with Gasteiger partial charge in [0, 0.05) is 9.26 Å². The number of nitrogens with zero attached hydrogens (tertiary/aromatic N) is 2. The number of halogens is 1. The van der Waals surface area contributed by atoms with Gasteiger partial charge in [-0.2, -0.15) is 0 Å². The van der Waals surface area contributed by atoms with Crippen LogP contribution >= 0.6 is 33.9 Å². The fraction of sp³-hybridized carbons (Fsp3) is 0.176. The molecule has 1 heterocycles. The van der Waals surface area contributed by atoms with E-state index in [0.717, 1.165) is 19.8 Å². The number of thiazole rings is 1. The highest BCUT2D eigenvalue weighted by atomic mass is 127. The van der Waals surface area contributed by atoms with E-state index in [9.17, 15) is 4.79 Å².